The Morgan fingerprint density at radius 1 is 1.04 bits per heavy atom. The van der Waals surface area contributed by atoms with E-state index in [1.54, 1.807) is 36.0 Å². The lowest BCUT2D eigenvalue weighted by Gasteiger charge is -2.04. The van der Waals surface area contributed by atoms with Crippen molar-refractivity contribution in [3.63, 3.8) is 0 Å². The predicted octanol–water partition coefficient (Wildman–Crippen LogP) is 4.84. The standard InChI is InChI=1S/C19H20O2S2/c1-16(15-23(20,21)19-9-4-3-5-10-19)7-6-8-17-11-13-18(22-2)14-12-17/h3-14H,15H2,1-2H3/b8-6+,16-7+. The van der Waals surface area contributed by atoms with E-state index in [9.17, 15) is 8.42 Å². The van der Waals surface area contributed by atoms with E-state index in [-0.39, 0.29) is 5.75 Å². The van der Waals surface area contributed by atoms with E-state index in [1.165, 1.54) is 4.90 Å². The predicted molar refractivity (Wildman–Crippen MR) is 99.5 cm³/mol. The van der Waals surface area contributed by atoms with Crippen molar-refractivity contribution in [2.24, 2.45) is 0 Å². The Morgan fingerprint density at radius 2 is 1.70 bits per heavy atom. The number of allylic oxidation sites excluding steroid dienone is 2. The summed E-state index contributed by atoms with van der Waals surface area (Å²) in [4.78, 5) is 1.59. The molecule has 0 aliphatic carbocycles. The fourth-order valence-electron chi connectivity index (χ4n) is 2.10. The monoisotopic (exact) mass is 344 g/mol. The first kappa shape index (κ1) is 17.6. The molecule has 0 amide bonds. The molecule has 0 saturated heterocycles. The number of rotatable bonds is 6. The fraction of sp³-hybridized carbons (Fsp3) is 0.158. The van der Waals surface area contributed by atoms with Crippen molar-refractivity contribution in [2.75, 3.05) is 12.0 Å². The molecule has 0 atom stereocenters. The van der Waals surface area contributed by atoms with Crippen molar-refractivity contribution in [2.45, 2.75) is 16.7 Å². The average molecular weight is 345 g/mol. The molecule has 0 bridgehead atoms. The summed E-state index contributed by atoms with van der Waals surface area (Å²) in [6.45, 7) is 1.83. The van der Waals surface area contributed by atoms with Crippen LogP contribution in [0.25, 0.3) is 6.08 Å². The van der Waals surface area contributed by atoms with Gasteiger partial charge in [-0.25, -0.2) is 8.42 Å². The van der Waals surface area contributed by atoms with E-state index in [4.69, 9.17) is 0 Å². The van der Waals surface area contributed by atoms with Gasteiger partial charge in [0.2, 0.25) is 0 Å². The maximum Gasteiger partial charge on any atom is 0.182 e. The summed E-state index contributed by atoms with van der Waals surface area (Å²) in [5.74, 6) is 0.0345. The van der Waals surface area contributed by atoms with Gasteiger partial charge < -0.3 is 0 Å². The van der Waals surface area contributed by atoms with Crippen LogP contribution in [-0.2, 0) is 9.84 Å². The SMILES string of the molecule is CSc1ccc(/C=C/C=C(\C)CS(=O)(=O)c2ccccc2)cc1. The highest BCUT2D eigenvalue weighted by molar-refractivity contribution is 7.98. The largest absolute Gasteiger partial charge is 0.223 e. The molecular weight excluding hydrogens is 324 g/mol. The lowest BCUT2D eigenvalue weighted by molar-refractivity contribution is 0.598. The quantitative estimate of drug-likeness (QED) is 0.555. The van der Waals surface area contributed by atoms with Crippen LogP contribution < -0.4 is 0 Å². The summed E-state index contributed by atoms with van der Waals surface area (Å²) in [6.07, 6.45) is 7.76. The van der Waals surface area contributed by atoms with E-state index in [2.05, 4.69) is 12.1 Å². The molecule has 0 aliphatic heterocycles. The summed E-state index contributed by atoms with van der Waals surface area (Å²) >= 11 is 1.71. The Morgan fingerprint density at radius 3 is 2.30 bits per heavy atom. The molecule has 120 valence electrons. The number of hydrogen-bond donors (Lipinski definition) is 0. The van der Waals surface area contributed by atoms with Gasteiger partial charge in [-0.3, -0.25) is 0 Å². The van der Waals surface area contributed by atoms with Crippen LogP contribution in [0, 0.1) is 0 Å². The Balaban J connectivity index is 2.03. The normalized spacial score (nSPS) is 12.7. The molecular formula is C19H20O2S2. The summed E-state index contributed by atoms with van der Waals surface area (Å²) in [7, 11) is -3.27. The number of hydrogen-bond acceptors (Lipinski definition) is 3. The first-order valence-corrected chi connectivity index (χ1v) is 10.1. The van der Waals surface area contributed by atoms with Crippen molar-refractivity contribution in [3.8, 4) is 0 Å². The summed E-state index contributed by atoms with van der Waals surface area (Å²) in [5.41, 5.74) is 1.91. The maximum atomic E-state index is 12.3. The van der Waals surface area contributed by atoms with Crippen molar-refractivity contribution < 1.29 is 8.42 Å². The smallest absolute Gasteiger partial charge is 0.182 e. The lowest BCUT2D eigenvalue weighted by atomic mass is 10.2. The molecule has 0 radical (unpaired) electrons. The average Bonchev–Trinajstić information content (AvgIpc) is 2.56. The van der Waals surface area contributed by atoms with Crippen LogP contribution in [0.1, 0.15) is 12.5 Å². The van der Waals surface area contributed by atoms with E-state index in [0.29, 0.717) is 4.90 Å². The van der Waals surface area contributed by atoms with Crippen molar-refractivity contribution in [1.82, 2.24) is 0 Å². The summed E-state index contributed by atoms with van der Waals surface area (Å²) in [6, 6.07) is 16.8. The molecule has 2 aromatic carbocycles. The van der Waals surface area contributed by atoms with Gasteiger partial charge in [0.05, 0.1) is 10.6 Å². The topological polar surface area (TPSA) is 34.1 Å². The van der Waals surface area contributed by atoms with Crippen LogP contribution in [0.3, 0.4) is 0 Å². The Kier molecular flexibility index (Phi) is 6.25. The van der Waals surface area contributed by atoms with Gasteiger partial charge in [0.15, 0.2) is 9.84 Å². The zero-order chi connectivity index (χ0) is 16.7. The first-order valence-electron chi connectivity index (χ1n) is 7.27. The lowest BCUT2D eigenvalue weighted by Crippen LogP contribution is -2.07. The minimum atomic E-state index is -3.27. The van der Waals surface area contributed by atoms with Gasteiger partial charge in [-0.1, -0.05) is 54.1 Å². The van der Waals surface area contributed by atoms with Gasteiger partial charge in [0.25, 0.3) is 0 Å². The van der Waals surface area contributed by atoms with Gasteiger partial charge in [-0.05, 0) is 43.0 Å². The van der Waals surface area contributed by atoms with Crippen molar-refractivity contribution >= 4 is 27.7 Å². The Hall–Kier alpha value is -1.78. The molecule has 0 heterocycles. The third kappa shape index (κ3) is 5.41. The maximum absolute atomic E-state index is 12.3. The molecule has 4 heteroatoms. The van der Waals surface area contributed by atoms with Gasteiger partial charge in [0.1, 0.15) is 0 Å². The molecule has 0 aliphatic rings. The fourth-order valence-corrected chi connectivity index (χ4v) is 3.94. The van der Waals surface area contributed by atoms with Crippen LogP contribution >= 0.6 is 11.8 Å². The van der Waals surface area contributed by atoms with Crippen LogP contribution in [0.15, 0.2) is 82.1 Å². The molecule has 2 rings (SSSR count). The van der Waals surface area contributed by atoms with Gasteiger partial charge >= 0.3 is 0 Å². The Labute approximate surface area is 142 Å². The van der Waals surface area contributed by atoms with Gasteiger partial charge in [0, 0.05) is 4.90 Å². The highest BCUT2D eigenvalue weighted by atomic mass is 32.2. The molecule has 2 nitrogen and oxygen atoms in total. The van der Waals surface area contributed by atoms with Crippen molar-refractivity contribution in [1.29, 1.82) is 0 Å². The van der Waals surface area contributed by atoms with Crippen LogP contribution in [0.4, 0.5) is 0 Å². The van der Waals surface area contributed by atoms with E-state index < -0.39 is 9.84 Å². The summed E-state index contributed by atoms with van der Waals surface area (Å²) < 4.78 is 24.6. The summed E-state index contributed by atoms with van der Waals surface area (Å²) in [5, 5.41) is 0. The second-order valence-electron chi connectivity index (χ2n) is 5.22. The second kappa shape index (κ2) is 8.18. The third-order valence-corrected chi connectivity index (χ3v) is 5.87. The minimum absolute atomic E-state index is 0.0345. The van der Waals surface area contributed by atoms with E-state index >= 15 is 0 Å². The number of sulfone groups is 1. The zero-order valence-electron chi connectivity index (χ0n) is 13.3. The number of thioether (sulfide) groups is 1. The Bertz CT molecular complexity index is 787. The third-order valence-electron chi connectivity index (χ3n) is 3.31. The second-order valence-corrected chi connectivity index (χ2v) is 8.09. The molecule has 0 saturated carbocycles. The number of benzene rings is 2. The zero-order valence-corrected chi connectivity index (χ0v) is 14.9. The highest BCUT2D eigenvalue weighted by Gasteiger charge is 2.13. The molecule has 0 unspecified atom stereocenters. The molecule has 0 spiro atoms. The van der Waals surface area contributed by atoms with E-state index in [0.717, 1.165) is 11.1 Å². The molecule has 2 aromatic rings. The molecule has 0 fully saturated rings. The minimum Gasteiger partial charge on any atom is -0.223 e. The van der Waals surface area contributed by atoms with Gasteiger partial charge in [-0.15, -0.1) is 11.8 Å². The van der Waals surface area contributed by atoms with Crippen molar-refractivity contribution in [3.05, 3.63) is 77.9 Å². The molecule has 23 heavy (non-hydrogen) atoms. The van der Waals surface area contributed by atoms with E-state index in [1.807, 2.05) is 49.6 Å². The molecule has 0 aromatic heterocycles. The first-order chi connectivity index (χ1) is 11.0. The highest BCUT2D eigenvalue weighted by Crippen LogP contribution is 2.16. The van der Waals surface area contributed by atoms with Gasteiger partial charge in [-0.2, -0.15) is 0 Å². The molecule has 0 N–H and O–H groups in total. The van der Waals surface area contributed by atoms with Crippen LogP contribution in [0.5, 0.6) is 0 Å². The van der Waals surface area contributed by atoms with Crippen LogP contribution in [-0.4, -0.2) is 20.4 Å². The van der Waals surface area contributed by atoms with Crippen LogP contribution in [0.2, 0.25) is 0 Å².